The minimum Gasteiger partial charge on any atom is -0.442 e. The smallest absolute Gasteiger partial charge is 0.307 e. The zero-order chi connectivity index (χ0) is 11.3. The summed E-state index contributed by atoms with van der Waals surface area (Å²) in [6.45, 7) is 0. The lowest BCUT2D eigenvalue weighted by atomic mass is 9.94. The third-order valence-electron chi connectivity index (χ3n) is 3.12. The Morgan fingerprint density at radius 2 is 1.56 bits per heavy atom. The molecule has 0 saturated carbocycles. The molecule has 1 aliphatic carbocycles. The molecule has 1 fully saturated rings. The molecule has 1 aromatic rings. The Bertz CT molecular complexity index is 495. The van der Waals surface area contributed by atoms with Gasteiger partial charge in [0.2, 0.25) is 17.2 Å². The highest BCUT2D eigenvalue weighted by Crippen LogP contribution is 2.39. The van der Waals surface area contributed by atoms with Gasteiger partial charge in [-0.15, -0.1) is 0 Å². The number of fused-ring (bicyclic) bond motifs is 1. The van der Waals surface area contributed by atoms with Crippen molar-refractivity contribution >= 4 is 17.5 Å². The van der Waals surface area contributed by atoms with Crippen LogP contribution in [0.15, 0.2) is 24.3 Å². The van der Waals surface area contributed by atoms with Gasteiger partial charge in [0.15, 0.2) is 0 Å². The van der Waals surface area contributed by atoms with Crippen LogP contribution in [0.3, 0.4) is 0 Å². The molecule has 0 amide bonds. The molecule has 4 nitrogen and oxygen atoms in total. The Balaban J connectivity index is 2.18. The molecule has 0 bridgehead atoms. The summed E-state index contributed by atoms with van der Waals surface area (Å²) in [4.78, 5) is 35.3. The van der Waals surface area contributed by atoms with Crippen LogP contribution in [-0.4, -0.2) is 23.1 Å². The minimum absolute atomic E-state index is 0.130. The summed E-state index contributed by atoms with van der Waals surface area (Å²) in [5.74, 6) is -1.23. The maximum absolute atomic E-state index is 12.1. The Morgan fingerprint density at radius 1 is 1.00 bits per heavy atom. The quantitative estimate of drug-likeness (QED) is 0.482. The number of rotatable bonds is 0. The van der Waals surface area contributed by atoms with Crippen molar-refractivity contribution in [1.29, 1.82) is 0 Å². The predicted octanol–water partition coefficient (Wildman–Crippen LogP) is 1.14. The highest BCUT2D eigenvalue weighted by Gasteiger charge is 2.58. The van der Waals surface area contributed by atoms with Crippen LogP contribution in [0.2, 0.25) is 0 Å². The van der Waals surface area contributed by atoms with E-state index in [9.17, 15) is 14.4 Å². The van der Waals surface area contributed by atoms with Gasteiger partial charge in [-0.2, -0.15) is 0 Å². The van der Waals surface area contributed by atoms with Gasteiger partial charge in [-0.1, -0.05) is 24.3 Å². The van der Waals surface area contributed by atoms with Crippen molar-refractivity contribution in [2.24, 2.45) is 0 Å². The van der Waals surface area contributed by atoms with Crippen LogP contribution in [0.5, 0.6) is 0 Å². The van der Waals surface area contributed by atoms with Crippen molar-refractivity contribution in [1.82, 2.24) is 0 Å². The SMILES string of the molecule is O=C1CCC2(O1)C(=O)c1ccccc1C2=O. The van der Waals surface area contributed by atoms with E-state index in [-0.39, 0.29) is 24.4 Å². The van der Waals surface area contributed by atoms with Gasteiger partial charge < -0.3 is 4.74 Å². The maximum Gasteiger partial charge on any atom is 0.307 e. The Labute approximate surface area is 91.2 Å². The molecule has 1 saturated heterocycles. The molecule has 1 heterocycles. The molecule has 16 heavy (non-hydrogen) atoms. The summed E-state index contributed by atoms with van der Waals surface area (Å²) in [7, 11) is 0. The van der Waals surface area contributed by atoms with E-state index in [4.69, 9.17) is 4.74 Å². The van der Waals surface area contributed by atoms with Crippen molar-refractivity contribution in [2.75, 3.05) is 0 Å². The number of ether oxygens (including phenoxy) is 1. The highest BCUT2D eigenvalue weighted by molar-refractivity contribution is 6.33. The number of ketones is 2. The number of carbonyl (C=O) groups is 3. The lowest BCUT2D eigenvalue weighted by Crippen LogP contribution is -2.40. The molecular weight excluding hydrogens is 208 g/mol. The van der Waals surface area contributed by atoms with Crippen molar-refractivity contribution in [3.63, 3.8) is 0 Å². The number of Topliss-reactive ketones (excluding diaryl/α,β-unsaturated/α-hetero) is 2. The average molecular weight is 216 g/mol. The van der Waals surface area contributed by atoms with Crippen LogP contribution in [0.1, 0.15) is 33.6 Å². The summed E-state index contributed by atoms with van der Waals surface area (Å²) >= 11 is 0. The molecule has 80 valence electrons. The molecule has 0 unspecified atom stereocenters. The molecule has 3 rings (SSSR count). The maximum atomic E-state index is 12.1. The van der Waals surface area contributed by atoms with Gasteiger partial charge in [-0.3, -0.25) is 14.4 Å². The second-order valence-corrected chi connectivity index (χ2v) is 4.00. The van der Waals surface area contributed by atoms with E-state index in [1.807, 2.05) is 0 Å². The lowest BCUT2D eigenvalue weighted by molar-refractivity contribution is -0.143. The first kappa shape index (κ1) is 9.27. The summed E-state index contributed by atoms with van der Waals surface area (Å²) in [5, 5.41) is 0. The molecule has 2 aliphatic rings. The second kappa shape index (κ2) is 2.78. The van der Waals surface area contributed by atoms with Gasteiger partial charge in [0.05, 0.1) is 6.42 Å². The van der Waals surface area contributed by atoms with Crippen LogP contribution in [0.25, 0.3) is 0 Å². The standard InChI is InChI=1S/C12H8O4/c13-9-5-6-12(16-9)10(14)7-3-1-2-4-8(7)11(12)15/h1-4H,5-6H2. The van der Waals surface area contributed by atoms with E-state index in [1.165, 1.54) is 0 Å². The summed E-state index contributed by atoms with van der Waals surface area (Å²) in [5.41, 5.74) is -0.815. The van der Waals surface area contributed by atoms with Crippen LogP contribution in [0.4, 0.5) is 0 Å². The van der Waals surface area contributed by atoms with Crippen molar-refractivity contribution < 1.29 is 19.1 Å². The van der Waals surface area contributed by atoms with Crippen LogP contribution in [0, 0.1) is 0 Å². The van der Waals surface area contributed by atoms with Crippen molar-refractivity contribution in [3.8, 4) is 0 Å². The van der Waals surface area contributed by atoms with E-state index >= 15 is 0 Å². The number of hydrogen-bond acceptors (Lipinski definition) is 4. The molecule has 0 N–H and O–H groups in total. The zero-order valence-electron chi connectivity index (χ0n) is 8.36. The molecular formula is C12H8O4. The highest BCUT2D eigenvalue weighted by atomic mass is 16.6. The van der Waals surface area contributed by atoms with Gasteiger partial charge in [0.25, 0.3) is 0 Å². The van der Waals surface area contributed by atoms with Crippen molar-refractivity contribution in [2.45, 2.75) is 18.4 Å². The summed E-state index contributed by atoms with van der Waals surface area (Å²) in [6, 6.07) is 6.58. The summed E-state index contributed by atoms with van der Waals surface area (Å²) < 4.78 is 4.98. The number of esters is 1. The number of hydrogen-bond donors (Lipinski definition) is 0. The first-order valence-electron chi connectivity index (χ1n) is 5.06. The number of benzene rings is 1. The fourth-order valence-corrected chi connectivity index (χ4v) is 2.31. The van der Waals surface area contributed by atoms with Gasteiger partial charge >= 0.3 is 5.97 Å². The van der Waals surface area contributed by atoms with Gasteiger partial charge in [-0.05, 0) is 0 Å². The second-order valence-electron chi connectivity index (χ2n) is 4.00. The van der Waals surface area contributed by atoms with Gasteiger partial charge in [-0.25, -0.2) is 0 Å². The lowest BCUT2D eigenvalue weighted by Gasteiger charge is -2.17. The first-order valence-corrected chi connectivity index (χ1v) is 5.06. The van der Waals surface area contributed by atoms with Crippen LogP contribution in [-0.2, 0) is 9.53 Å². The normalized spacial score (nSPS) is 21.4. The zero-order valence-corrected chi connectivity index (χ0v) is 8.36. The fraction of sp³-hybridized carbons (Fsp3) is 0.250. The monoisotopic (exact) mass is 216 g/mol. The largest absolute Gasteiger partial charge is 0.442 e. The third kappa shape index (κ3) is 0.913. The topological polar surface area (TPSA) is 60.4 Å². The molecule has 4 heteroatoms. The van der Waals surface area contributed by atoms with E-state index in [0.29, 0.717) is 11.1 Å². The Hall–Kier alpha value is -1.97. The molecule has 0 atom stereocenters. The number of carbonyl (C=O) groups excluding carboxylic acids is 3. The predicted molar refractivity (Wildman–Crippen MR) is 53.2 cm³/mol. The Morgan fingerprint density at radius 3 is 2.00 bits per heavy atom. The van der Waals surface area contributed by atoms with E-state index in [2.05, 4.69) is 0 Å². The first-order chi connectivity index (χ1) is 7.65. The van der Waals surface area contributed by atoms with Crippen LogP contribution >= 0.6 is 0 Å². The third-order valence-corrected chi connectivity index (χ3v) is 3.12. The minimum atomic E-state index is -1.54. The average Bonchev–Trinajstić information content (AvgIpc) is 2.78. The van der Waals surface area contributed by atoms with Crippen LogP contribution < -0.4 is 0 Å². The Kier molecular flexibility index (Phi) is 1.61. The van der Waals surface area contributed by atoms with Crippen molar-refractivity contribution in [3.05, 3.63) is 35.4 Å². The molecule has 1 aromatic carbocycles. The van der Waals surface area contributed by atoms with E-state index in [1.54, 1.807) is 24.3 Å². The summed E-state index contributed by atoms with van der Waals surface area (Å²) in [6.07, 6.45) is 0.295. The molecule has 1 spiro atoms. The molecule has 1 aliphatic heterocycles. The van der Waals surface area contributed by atoms with Gasteiger partial charge in [0.1, 0.15) is 0 Å². The van der Waals surface area contributed by atoms with Gasteiger partial charge in [0, 0.05) is 17.5 Å². The fourth-order valence-electron chi connectivity index (χ4n) is 2.31. The van der Waals surface area contributed by atoms with E-state index in [0.717, 1.165) is 0 Å². The molecule has 0 aromatic heterocycles. The molecule has 0 radical (unpaired) electrons. The van der Waals surface area contributed by atoms with E-state index < -0.39 is 11.6 Å².